The molecular weight excluding hydrogens is 380 g/mol. The second-order valence-electron chi connectivity index (χ2n) is 7.55. The number of benzene rings is 1. The second kappa shape index (κ2) is 7.81. The van der Waals surface area contributed by atoms with E-state index in [-0.39, 0.29) is 18.5 Å². The Balaban J connectivity index is 1.69. The molecule has 0 aromatic heterocycles. The number of carbonyl (C=O) groups is 2. The third-order valence-corrected chi connectivity index (χ3v) is 7.92. The summed E-state index contributed by atoms with van der Waals surface area (Å²) in [4.78, 5) is 27.4. The van der Waals surface area contributed by atoms with Gasteiger partial charge in [0.25, 0.3) is 0 Å². The number of hydrogen-bond donors (Lipinski definition) is 1. The summed E-state index contributed by atoms with van der Waals surface area (Å²) in [6.45, 7) is 10.1. The van der Waals surface area contributed by atoms with Crippen LogP contribution in [0.25, 0.3) is 0 Å². The number of hydrogen-bond acceptors (Lipinski definition) is 5. The van der Waals surface area contributed by atoms with Crippen LogP contribution >= 0.6 is 0 Å². The monoisotopic (exact) mass is 408 g/mol. The maximum absolute atomic E-state index is 13.3. The van der Waals surface area contributed by atoms with Crippen molar-refractivity contribution in [2.45, 2.75) is 32.6 Å². The first-order valence-electron chi connectivity index (χ1n) is 9.51. The van der Waals surface area contributed by atoms with Gasteiger partial charge in [-0.2, -0.15) is 4.31 Å². The number of rotatable bonds is 4. The van der Waals surface area contributed by atoms with Gasteiger partial charge in [-0.3, -0.25) is 14.6 Å². The van der Waals surface area contributed by atoms with E-state index < -0.39 is 10.0 Å². The molecule has 0 unspecified atom stereocenters. The Morgan fingerprint density at radius 3 is 2.07 bits per heavy atom. The highest BCUT2D eigenvalue weighted by Gasteiger charge is 2.33. The molecule has 2 heterocycles. The van der Waals surface area contributed by atoms with Crippen molar-refractivity contribution in [3.8, 4) is 0 Å². The molecule has 1 aromatic rings. The summed E-state index contributed by atoms with van der Waals surface area (Å²) in [5.41, 5.74) is 3.52. The molecule has 0 aliphatic carbocycles. The van der Waals surface area contributed by atoms with Gasteiger partial charge in [0.05, 0.1) is 11.4 Å². The summed E-state index contributed by atoms with van der Waals surface area (Å²) in [5, 5.41) is 2.61. The molecule has 9 heteroatoms. The van der Waals surface area contributed by atoms with Crippen LogP contribution in [0.15, 0.2) is 11.0 Å². The highest BCUT2D eigenvalue weighted by Crippen LogP contribution is 2.29. The van der Waals surface area contributed by atoms with Crippen molar-refractivity contribution < 1.29 is 18.0 Å². The number of imide groups is 1. The molecular formula is C19H28N4O4S. The number of aryl methyl sites for hydroxylation is 2. The quantitative estimate of drug-likeness (QED) is 0.795. The van der Waals surface area contributed by atoms with Crippen LogP contribution in [0, 0.1) is 27.7 Å². The van der Waals surface area contributed by atoms with E-state index in [1.807, 2.05) is 38.7 Å². The summed E-state index contributed by atoms with van der Waals surface area (Å²) in [6, 6.07) is 1.66. The van der Waals surface area contributed by atoms with Gasteiger partial charge in [-0.15, -0.1) is 0 Å². The number of amides is 3. The van der Waals surface area contributed by atoms with Gasteiger partial charge in [-0.05, 0) is 49.9 Å². The van der Waals surface area contributed by atoms with Crippen LogP contribution in [0.5, 0.6) is 0 Å². The Kier molecular flexibility index (Phi) is 5.79. The van der Waals surface area contributed by atoms with Gasteiger partial charge in [-0.1, -0.05) is 6.07 Å². The molecule has 2 fully saturated rings. The van der Waals surface area contributed by atoms with Crippen molar-refractivity contribution in [3.05, 3.63) is 28.3 Å². The predicted octanol–water partition coefficient (Wildman–Crippen LogP) is 0.778. The van der Waals surface area contributed by atoms with Gasteiger partial charge in [0, 0.05) is 39.3 Å². The average Bonchev–Trinajstić information content (AvgIpc) is 3.06. The maximum Gasteiger partial charge on any atom is 0.324 e. The van der Waals surface area contributed by atoms with E-state index in [9.17, 15) is 18.0 Å². The Hall–Kier alpha value is -1.97. The Morgan fingerprint density at radius 1 is 1.00 bits per heavy atom. The first-order chi connectivity index (χ1) is 13.1. The van der Waals surface area contributed by atoms with Gasteiger partial charge >= 0.3 is 6.03 Å². The molecule has 0 saturated carbocycles. The van der Waals surface area contributed by atoms with Gasteiger partial charge in [0.1, 0.15) is 0 Å². The third kappa shape index (κ3) is 3.78. The molecule has 0 atom stereocenters. The number of sulfonamides is 1. The fraction of sp³-hybridized carbons (Fsp3) is 0.579. The third-order valence-electron chi connectivity index (χ3n) is 5.74. The van der Waals surface area contributed by atoms with Crippen molar-refractivity contribution in [1.29, 1.82) is 0 Å². The van der Waals surface area contributed by atoms with E-state index in [0.29, 0.717) is 44.2 Å². The SMILES string of the molecule is Cc1cc(C)c(C)c(S(=O)(=O)N2CCN(CC(=O)N3CCNC3=O)CC2)c1C. The van der Waals surface area contributed by atoms with Crippen LogP contribution in [0.1, 0.15) is 22.3 Å². The Labute approximate surface area is 166 Å². The van der Waals surface area contributed by atoms with Gasteiger partial charge in [-0.25, -0.2) is 13.2 Å². The zero-order valence-corrected chi connectivity index (χ0v) is 17.7. The lowest BCUT2D eigenvalue weighted by Gasteiger charge is -2.34. The van der Waals surface area contributed by atoms with Crippen LogP contribution in [-0.4, -0.2) is 80.3 Å². The minimum absolute atomic E-state index is 0.128. The van der Waals surface area contributed by atoms with E-state index in [2.05, 4.69) is 5.32 Å². The number of urea groups is 1. The number of carbonyl (C=O) groups excluding carboxylic acids is 2. The first kappa shape index (κ1) is 20.8. The van der Waals surface area contributed by atoms with Crippen LogP contribution in [0.4, 0.5) is 4.79 Å². The first-order valence-corrected chi connectivity index (χ1v) is 10.9. The summed E-state index contributed by atoms with van der Waals surface area (Å²) >= 11 is 0. The van der Waals surface area contributed by atoms with Crippen LogP contribution in [-0.2, 0) is 14.8 Å². The maximum atomic E-state index is 13.3. The van der Waals surface area contributed by atoms with Gasteiger partial charge in [0.15, 0.2) is 0 Å². The molecule has 3 amide bonds. The van der Waals surface area contributed by atoms with Crippen LogP contribution in [0.2, 0.25) is 0 Å². The topological polar surface area (TPSA) is 90.0 Å². The molecule has 0 spiro atoms. The van der Waals surface area contributed by atoms with Crippen LogP contribution in [0.3, 0.4) is 0 Å². The summed E-state index contributed by atoms with van der Waals surface area (Å²) in [6.07, 6.45) is 0. The van der Waals surface area contributed by atoms with E-state index in [0.717, 1.165) is 22.3 Å². The van der Waals surface area contributed by atoms with Gasteiger partial charge < -0.3 is 5.32 Å². The zero-order chi connectivity index (χ0) is 20.6. The average molecular weight is 409 g/mol. The normalized spacial score (nSPS) is 19.1. The lowest BCUT2D eigenvalue weighted by atomic mass is 10.0. The predicted molar refractivity (Wildman–Crippen MR) is 106 cm³/mol. The van der Waals surface area contributed by atoms with E-state index in [4.69, 9.17) is 0 Å². The fourth-order valence-electron chi connectivity index (χ4n) is 3.81. The second-order valence-corrected chi connectivity index (χ2v) is 9.42. The molecule has 2 aliphatic rings. The molecule has 1 N–H and O–H groups in total. The van der Waals surface area contributed by atoms with Crippen LogP contribution < -0.4 is 5.32 Å². The highest BCUT2D eigenvalue weighted by atomic mass is 32.2. The zero-order valence-electron chi connectivity index (χ0n) is 16.9. The van der Waals surface area contributed by atoms with E-state index in [1.165, 1.54) is 9.21 Å². The van der Waals surface area contributed by atoms with Crippen molar-refractivity contribution >= 4 is 22.0 Å². The number of piperazine rings is 1. The minimum atomic E-state index is -3.60. The van der Waals surface area contributed by atoms with E-state index in [1.54, 1.807) is 0 Å². The molecule has 1 aromatic carbocycles. The number of nitrogens with one attached hydrogen (secondary N) is 1. The van der Waals surface area contributed by atoms with E-state index >= 15 is 0 Å². The summed E-state index contributed by atoms with van der Waals surface area (Å²) in [5.74, 6) is -0.243. The lowest BCUT2D eigenvalue weighted by molar-refractivity contribution is -0.129. The molecule has 8 nitrogen and oxygen atoms in total. The van der Waals surface area contributed by atoms with Crippen molar-refractivity contribution in [2.75, 3.05) is 45.8 Å². The molecule has 2 aliphatic heterocycles. The van der Waals surface area contributed by atoms with Crippen molar-refractivity contribution in [1.82, 2.24) is 19.4 Å². The smallest absolute Gasteiger partial charge is 0.324 e. The minimum Gasteiger partial charge on any atom is -0.336 e. The molecule has 0 bridgehead atoms. The Morgan fingerprint density at radius 2 is 1.57 bits per heavy atom. The standard InChI is InChI=1S/C19H28N4O4S/c1-13-11-14(2)16(4)18(15(13)3)28(26,27)22-9-7-21(8-10-22)12-17(24)23-6-5-20-19(23)25/h11H,5-10,12H2,1-4H3,(H,20,25). The summed E-state index contributed by atoms with van der Waals surface area (Å²) < 4.78 is 28.1. The molecule has 3 rings (SSSR count). The number of nitrogens with zero attached hydrogens (tertiary/aromatic N) is 3. The fourth-order valence-corrected chi connectivity index (χ4v) is 5.81. The molecule has 154 valence electrons. The Bertz CT molecular complexity index is 879. The van der Waals surface area contributed by atoms with Crippen molar-refractivity contribution in [3.63, 3.8) is 0 Å². The molecule has 28 heavy (non-hydrogen) atoms. The summed E-state index contributed by atoms with van der Waals surface area (Å²) in [7, 11) is -3.60. The highest BCUT2D eigenvalue weighted by molar-refractivity contribution is 7.89. The molecule has 0 radical (unpaired) electrons. The largest absolute Gasteiger partial charge is 0.336 e. The lowest BCUT2D eigenvalue weighted by Crippen LogP contribution is -2.52. The molecule has 2 saturated heterocycles. The van der Waals surface area contributed by atoms with Gasteiger partial charge in [0.2, 0.25) is 15.9 Å². The van der Waals surface area contributed by atoms with Crippen molar-refractivity contribution in [2.24, 2.45) is 0 Å².